The quantitative estimate of drug-likeness (QED) is 0.312. The molecule has 0 spiro atoms. The van der Waals surface area contributed by atoms with Gasteiger partial charge < -0.3 is 24.8 Å². The minimum atomic E-state index is -0.731. The van der Waals surface area contributed by atoms with Crippen molar-refractivity contribution in [2.45, 2.75) is 82.8 Å². The lowest BCUT2D eigenvalue weighted by molar-refractivity contribution is -0.144. The zero-order chi connectivity index (χ0) is 33.1. The molecule has 2 amide bonds. The normalized spacial score (nSPS) is 26.7. The molecule has 3 heterocycles. The average Bonchev–Trinajstić information content (AvgIpc) is 3.49. The highest BCUT2D eigenvalue weighted by atomic mass is 35.5. The van der Waals surface area contributed by atoms with Gasteiger partial charge in [0.1, 0.15) is 5.69 Å². The zero-order valence-corrected chi connectivity index (χ0v) is 27.7. The van der Waals surface area contributed by atoms with Crippen molar-refractivity contribution in [3.05, 3.63) is 71.0 Å². The lowest BCUT2D eigenvalue weighted by Crippen LogP contribution is -2.51. The fourth-order valence-electron chi connectivity index (χ4n) is 7.39. The Balaban J connectivity index is 1.12. The maximum Gasteiger partial charge on any atom is 0.306 e. The lowest BCUT2D eigenvalue weighted by atomic mass is 9.87. The molecule has 1 aromatic heterocycles. The molecule has 3 fully saturated rings. The summed E-state index contributed by atoms with van der Waals surface area (Å²) in [6, 6.07) is 14.8. The number of halogens is 1. The number of aliphatic carboxylic acids is 1. The van der Waals surface area contributed by atoms with Gasteiger partial charge in [0.05, 0.1) is 54.0 Å². The zero-order valence-electron chi connectivity index (χ0n) is 26.9. The van der Waals surface area contributed by atoms with Gasteiger partial charge in [-0.15, -0.1) is 0 Å². The highest BCUT2D eigenvalue weighted by Gasteiger charge is 2.40. The number of carboxylic acids is 1. The van der Waals surface area contributed by atoms with E-state index in [4.69, 9.17) is 21.1 Å². The molecule has 47 heavy (non-hydrogen) atoms. The fourth-order valence-corrected chi connectivity index (χ4v) is 7.64. The van der Waals surface area contributed by atoms with E-state index < -0.39 is 5.97 Å². The van der Waals surface area contributed by atoms with Gasteiger partial charge in [0, 0.05) is 37.3 Å². The molecule has 3 aliphatic rings. The van der Waals surface area contributed by atoms with Gasteiger partial charge in [-0.2, -0.15) is 0 Å². The average molecular weight is 663 g/mol. The number of aromatic nitrogens is 1. The fraction of sp³-hybridized carbons (Fsp3) is 0.500. The number of nitrogens with zero attached hydrogens (tertiary/aromatic N) is 3. The van der Waals surface area contributed by atoms with Crippen molar-refractivity contribution in [2.24, 2.45) is 5.92 Å². The second-order valence-electron chi connectivity index (χ2n) is 13.3. The van der Waals surface area contributed by atoms with Gasteiger partial charge >= 0.3 is 5.97 Å². The molecule has 2 saturated heterocycles. The number of pyridine rings is 1. The summed E-state index contributed by atoms with van der Waals surface area (Å²) in [6.07, 6.45) is 5.53. The summed E-state index contributed by atoms with van der Waals surface area (Å²) in [4.78, 5) is 47.1. The van der Waals surface area contributed by atoms with E-state index in [1.54, 1.807) is 18.3 Å². The van der Waals surface area contributed by atoms with Crippen molar-refractivity contribution < 1.29 is 29.0 Å². The van der Waals surface area contributed by atoms with Crippen LogP contribution in [0.15, 0.2) is 54.7 Å². The minimum Gasteiger partial charge on any atom is -0.481 e. The van der Waals surface area contributed by atoms with E-state index in [1.165, 1.54) is 0 Å². The number of carbonyl (C=O) groups is 3. The third-order valence-electron chi connectivity index (χ3n) is 9.75. The molecule has 2 N–H and O–H groups in total. The number of hydrogen-bond acceptors (Lipinski definition) is 7. The number of hydrogen-bond donors (Lipinski definition) is 2. The van der Waals surface area contributed by atoms with Gasteiger partial charge in [0.25, 0.3) is 5.91 Å². The molecule has 250 valence electrons. The number of anilines is 1. The number of carboxylic acid groups (broad SMARTS) is 1. The number of nitrogens with one attached hydrogen (secondary N) is 1. The molecule has 1 aliphatic carbocycles. The van der Waals surface area contributed by atoms with Crippen LogP contribution in [0.5, 0.6) is 0 Å². The highest BCUT2D eigenvalue weighted by molar-refractivity contribution is 6.34. The standard InChI is InChI=1S/C36H43ClN4O6/c1-22-18-40(19-23(2)47-22)27-17-28(21-46-29-10-8-26(9-11-29)36(44)45)41(20-27)33(42)16-24-7-12-32(31(37)15-24)39-35(43)34-30-6-4-3-5-25(30)13-14-38-34/h3-7,12-15,22-23,26-29H,8-11,16-21H2,1-2H3,(H,39,43)(H,44,45)/t22-,23+,26?,27-,28-,29?/m0/s1. The van der Waals surface area contributed by atoms with Crippen molar-refractivity contribution in [2.75, 3.05) is 31.6 Å². The SMILES string of the molecule is C[C@@H]1CN([C@H]2C[C@@H](COC3CCC(C(=O)O)CC3)N(C(=O)Cc3ccc(NC(=O)c4nccc5ccccc45)c(Cl)c3)C2)C[C@H](C)O1. The Morgan fingerprint density at radius 3 is 2.49 bits per heavy atom. The van der Waals surface area contributed by atoms with Crippen LogP contribution in [0.2, 0.25) is 5.02 Å². The van der Waals surface area contributed by atoms with Crippen LogP contribution >= 0.6 is 11.6 Å². The van der Waals surface area contributed by atoms with Crippen molar-refractivity contribution in [3.8, 4) is 0 Å². The van der Waals surface area contributed by atoms with Crippen LogP contribution in [0.25, 0.3) is 10.8 Å². The van der Waals surface area contributed by atoms with Crippen molar-refractivity contribution in [3.63, 3.8) is 0 Å². The molecular weight excluding hydrogens is 620 g/mol. The van der Waals surface area contributed by atoms with Crippen molar-refractivity contribution in [1.29, 1.82) is 0 Å². The predicted octanol–water partition coefficient (Wildman–Crippen LogP) is 5.42. The van der Waals surface area contributed by atoms with E-state index in [2.05, 4.69) is 29.0 Å². The largest absolute Gasteiger partial charge is 0.481 e. The van der Waals surface area contributed by atoms with Crippen LogP contribution in [0.3, 0.4) is 0 Å². The van der Waals surface area contributed by atoms with Crippen LogP contribution in [0.1, 0.15) is 62.0 Å². The molecule has 10 nitrogen and oxygen atoms in total. The van der Waals surface area contributed by atoms with E-state index in [9.17, 15) is 19.5 Å². The van der Waals surface area contributed by atoms with E-state index in [0.717, 1.165) is 48.7 Å². The Labute approximate surface area is 280 Å². The van der Waals surface area contributed by atoms with Gasteiger partial charge in [-0.25, -0.2) is 0 Å². The maximum absolute atomic E-state index is 13.9. The number of likely N-dealkylation sites (tertiary alicyclic amines) is 1. The molecular formula is C36H43ClN4O6. The van der Waals surface area contributed by atoms with Gasteiger partial charge in [-0.3, -0.25) is 24.3 Å². The summed E-state index contributed by atoms with van der Waals surface area (Å²) in [5, 5.41) is 14.2. The third-order valence-corrected chi connectivity index (χ3v) is 10.1. The first kappa shape index (κ1) is 33.3. The monoisotopic (exact) mass is 662 g/mol. The molecule has 1 saturated carbocycles. The van der Waals surface area contributed by atoms with E-state index in [0.29, 0.717) is 42.4 Å². The van der Waals surface area contributed by atoms with Gasteiger partial charge in [-0.1, -0.05) is 41.9 Å². The summed E-state index contributed by atoms with van der Waals surface area (Å²) >= 11 is 6.63. The summed E-state index contributed by atoms with van der Waals surface area (Å²) in [6.45, 7) is 6.85. The van der Waals surface area contributed by atoms with Crippen molar-refractivity contribution >= 4 is 45.8 Å². The van der Waals surface area contributed by atoms with E-state index >= 15 is 0 Å². The number of amides is 2. The summed E-state index contributed by atoms with van der Waals surface area (Å²) in [5.41, 5.74) is 1.52. The number of carbonyl (C=O) groups excluding carboxylic acids is 2. The highest BCUT2D eigenvalue weighted by Crippen LogP contribution is 2.31. The Bertz CT molecular complexity index is 1600. The Morgan fingerprint density at radius 2 is 1.77 bits per heavy atom. The van der Waals surface area contributed by atoms with Gasteiger partial charge in [0.15, 0.2) is 0 Å². The van der Waals surface area contributed by atoms with Crippen LogP contribution < -0.4 is 5.32 Å². The Kier molecular flexibility index (Phi) is 10.4. The molecule has 4 atom stereocenters. The first-order valence-corrected chi connectivity index (χ1v) is 17.0. The maximum atomic E-state index is 13.9. The number of rotatable bonds is 9. The van der Waals surface area contributed by atoms with Gasteiger partial charge in [-0.05, 0) is 75.1 Å². The molecule has 6 rings (SSSR count). The number of ether oxygens (including phenoxy) is 2. The molecule has 2 aromatic carbocycles. The Hall–Kier alpha value is -3.57. The summed E-state index contributed by atoms with van der Waals surface area (Å²) < 4.78 is 12.3. The number of morpholine rings is 1. The van der Waals surface area contributed by atoms with E-state index in [-0.39, 0.29) is 54.5 Å². The second-order valence-corrected chi connectivity index (χ2v) is 13.7. The molecule has 3 aromatic rings. The van der Waals surface area contributed by atoms with Crippen LogP contribution in [-0.2, 0) is 25.5 Å². The molecule has 11 heteroatoms. The predicted molar refractivity (Wildman–Crippen MR) is 180 cm³/mol. The van der Waals surface area contributed by atoms with Gasteiger partial charge in [0.2, 0.25) is 5.91 Å². The van der Waals surface area contributed by atoms with Crippen molar-refractivity contribution in [1.82, 2.24) is 14.8 Å². The topological polar surface area (TPSA) is 121 Å². The Morgan fingerprint density at radius 1 is 1.02 bits per heavy atom. The minimum absolute atomic E-state index is 0.00199. The first-order valence-electron chi connectivity index (χ1n) is 16.6. The molecule has 0 unspecified atom stereocenters. The van der Waals surface area contributed by atoms with E-state index in [1.807, 2.05) is 41.3 Å². The third kappa shape index (κ3) is 7.95. The molecule has 0 bridgehead atoms. The lowest BCUT2D eigenvalue weighted by Gasteiger charge is -2.38. The number of benzene rings is 2. The second kappa shape index (κ2) is 14.7. The summed E-state index contributed by atoms with van der Waals surface area (Å²) in [7, 11) is 0. The molecule has 2 aliphatic heterocycles. The van der Waals surface area contributed by atoms with Crippen LogP contribution in [-0.4, -0.2) is 94.3 Å². The van der Waals surface area contributed by atoms with Crippen LogP contribution in [0, 0.1) is 5.92 Å². The first-order chi connectivity index (χ1) is 22.6. The number of fused-ring (bicyclic) bond motifs is 1. The summed E-state index contributed by atoms with van der Waals surface area (Å²) in [5.74, 6) is -1.39. The smallest absolute Gasteiger partial charge is 0.306 e. The van der Waals surface area contributed by atoms with Crippen LogP contribution in [0.4, 0.5) is 5.69 Å². The molecule has 0 radical (unpaired) electrons.